The van der Waals surface area contributed by atoms with E-state index in [0.717, 1.165) is 18.8 Å². The van der Waals surface area contributed by atoms with Crippen molar-refractivity contribution < 1.29 is 0 Å². The summed E-state index contributed by atoms with van der Waals surface area (Å²) in [5.41, 5.74) is 8.04. The molecule has 0 aliphatic carbocycles. The Hall–Kier alpha value is -1.18. The maximum absolute atomic E-state index is 5.90. The molecule has 2 N–H and O–H groups in total. The Morgan fingerprint density at radius 1 is 0.810 bits per heavy atom. The number of nitrogens with two attached hydrogens (primary N) is 1. The zero-order chi connectivity index (χ0) is 15.3. The minimum atomic E-state index is 0.865. The van der Waals surface area contributed by atoms with Gasteiger partial charge in [0.05, 0.1) is 0 Å². The summed E-state index contributed by atoms with van der Waals surface area (Å²) in [6.07, 6.45) is 12.2. The summed E-state index contributed by atoms with van der Waals surface area (Å²) in [7, 11) is 0. The fourth-order valence-corrected chi connectivity index (χ4v) is 2.80. The Morgan fingerprint density at radius 2 is 1.48 bits per heavy atom. The van der Waals surface area contributed by atoms with Gasteiger partial charge in [0.25, 0.3) is 0 Å². The van der Waals surface area contributed by atoms with Gasteiger partial charge in [-0.25, -0.2) is 0 Å². The number of unbranched alkanes of at least 4 members (excludes halogenated alkanes) is 7. The molecule has 1 aromatic rings. The highest BCUT2D eigenvalue weighted by molar-refractivity contribution is 5.55. The van der Waals surface area contributed by atoms with Crippen LogP contribution in [0.2, 0.25) is 0 Å². The van der Waals surface area contributed by atoms with E-state index in [9.17, 15) is 0 Å². The largest absolute Gasteiger partial charge is 0.399 e. The number of hydrogen-bond donors (Lipinski definition) is 1. The topological polar surface area (TPSA) is 29.3 Å². The smallest absolute Gasteiger partial charge is 0.0386 e. The molecule has 0 amide bonds. The van der Waals surface area contributed by atoms with Gasteiger partial charge < -0.3 is 10.6 Å². The minimum absolute atomic E-state index is 0.865. The Kier molecular flexibility index (Phi) is 9.77. The second kappa shape index (κ2) is 11.5. The van der Waals surface area contributed by atoms with Crippen molar-refractivity contribution >= 4 is 11.4 Å². The van der Waals surface area contributed by atoms with Gasteiger partial charge in [0, 0.05) is 24.5 Å². The molecule has 1 aromatic carbocycles. The number of hydrogen-bond acceptors (Lipinski definition) is 2. The van der Waals surface area contributed by atoms with Gasteiger partial charge in [-0.3, -0.25) is 0 Å². The van der Waals surface area contributed by atoms with E-state index in [1.54, 1.807) is 0 Å². The van der Waals surface area contributed by atoms with Crippen LogP contribution < -0.4 is 10.6 Å². The Balaban J connectivity index is 2.23. The van der Waals surface area contributed by atoms with E-state index in [-0.39, 0.29) is 0 Å². The lowest BCUT2D eigenvalue weighted by molar-refractivity contribution is 0.570. The van der Waals surface area contributed by atoms with Gasteiger partial charge in [-0.2, -0.15) is 0 Å². The standard InChI is InChI=1S/C19H34N2/c1-3-5-6-7-8-9-10-11-16-21(15-4-2)19-14-12-13-18(20)17-19/h12-14,17H,3-11,15-16,20H2,1-2H3. The first-order valence-corrected chi connectivity index (χ1v) is 8.88. The maximum Gasteiger partial charge on any atom is 0.0386 e. The summed E-state index contributed by atoms with van der Waals surface area (Å²) in [6, 6.07) is 8.29. The summed E-state index contributed by atoms with van der Waals surface area (Å²) in [4.78, 5) is 2.48. The average molecular weight is 290 g/mol. The van der Waals surface area contributed by atoms with Crippen LogP contribution in [-0.2, 0) is 0 Å². The predicted molar refractivity (Wildman–Crippen MR) is 96.0 cm³/mol. The van der Waals surface area contributed by atoms with E-state index in [2.05, 4.69) is 36.9 Å². The fraction of sp³-hybridized carbons (Fsp3) is 0.684. The molecule has 0 aromatic heterocycles. The molecule has 120 valence electrons. The molecule has 2 nitrogen and oxygen atoms in total. The molecule has 0 fully saturated rings. The fourth-order valence-electron chi connectivity index (χ4n) is 2.80. The van der Waals surface area contributed by atoms with Crippen LogP contribution in [0.25, 0.3) is 0 Å². The molecule has 21 heavy (non-hydrogen) atoms. The Morgan fingerprint density at radius 3 is 2.10 bits per heavy atom. The van der Waals surface area contributed by atoms with Crippen LogP contribution in [-0.4, -0.2) is 13.1 Å². The molecule has 0 aliphatic rings. The molecule has 0 saturated heterocycles. The molecule has 0 radical (unpaired) electrons. The van der Waals surface area contributed by atoms with Gasteiger partial charge >= 0.3 is 0 Å². The van der Waals surface area contributed by atoms with Gasteiger partial charge in [-0.1, -0.05) is 64.9 Å². The first kappa shape index (κ1) is 17.9. The highest BCUT2D eigenvalue weighted by Crippen LogP contribution is 2.19. The molecular weight excluding hydrogens is 256 g/mol. The van der Waals surface area contributed by atoms with Gasteiger partial charge in [-0.15, -0.1) is 0 Å². The number of rotatable bonds is 12. The molecule has 1 rings (SSSR count). The van der Waals surface area contributed by atoms with Gasteiger partial charge in [0.2, 0.25) is 0 Å². The highest BCUT2D eigenvalue weighted by atomic mass is 15.1. The molecular formula is C19H34N2. The molecule has 0 atom stereocenters. The van der Waals surface area contributed by atoms with Crippen molar-refractivity contribution in [1.82, 2.24) is 0 Å². The van der Waals surface area contributed by atoms with Crippen LogP contribution in [0.3, 0.4) is 0 Å². The van der Waals surface area contributed by atoms with Crippen LogP contribution in [0.4, 0.5) is 11.4 Å². The maximum atomic E-state index is 5.90. The van der Waals surface area contributed by atoms with Crippen molar-refractivity contribution in [2.75, 3.05) is 23.7 Å². The normalized spacial score (nSPS) is 10.8. The summed E-state index contributed by atoms with van der Waals surface area (Å²) in [5, 5.41) is 0. The van der Waals surface area contributed by atoms with Crippen molar-refractivity contribution in [2.24, 2.45) is 0 Å². The number of benzene rings is 1. The van der Waals surface area contributed by atoms with E-state index in [1.807, 2.05) is 6.07 Å². The molecule has 0 spiro atoms. The molecule has 0 bridgehead atoms. The number of nitrogens with zero attached hydrogens (tertiary/aromatic N) is 1. The number of anilines is 2. The zero-order valence-corrected chi connectivity index (χ0v) is 14.1. The SMILES string of the molecule is CCCCCCCCCCN(CCC)c1cccc(N)c1. The van der Waals surface area contributed by atoms with Crippen LogP contribution >= 0.6 is 0 Å². The summed E-state index contributed by atoms with van der Waals surface area (Å²) >= 11 is 0. The van der Waals surface area contributed by atoms with Crippen molar-refractivity contribution in [3.05, 3.63) is 24.3 Å². The van der Waals surface area contributed by atoms with Crippen LogP contribution in [0.5, 0.6) is 0 Å². The van der Waals surface area contributed by atoms with Gasteiger partial charge in [-0.05, 0) is 31.0 Å². The lowest BCUT2D eigenvalue weighted by atomic mass is 10.1. The average Bonchev–Trinajstić information content (AvgIpc) is 2.49. The van der Waals surface area contributed by atoms with Crippen molar-refractivity contribution in [2.45, 2.75) is 71.6 Å². The lowest BCUT2D eigenvalue weighted by Gasteiger charge is -2.24. The molecule has 2 heteroatoms. The van der Waals surface area contributed by atoms with Crippen LogP contribution in [0, 0.1) is 0 Å². The van der Waals surface area contributed by atoms with E-state index in [0.29, 0.717) is 0 Å². The lowest BCUT2D eigenvalue weighted by Crippen LogP contribution is -2.25. The molecule has 0 aliphatic heterocycles. The van der Waals surface area contributed by atoms with Crippen molar-refractivity contribution in [1.29, 1.82) is 0 Å². The molecule has 0 saturated carbocycles. The van der Waals surface area contributed by atoms with Crippen molar-refractivity contribution in [3.8, 4) is 0 Å². The zero-order valence-electron chi connectivity index (χ0n) is 14.1. The van der Waals surface area contributed by atoms with E-state index in [4.69, 9.17) is 5.73 Å². The third-order valence-corrected chi connectivity index (χ3v) is 4.01. The molecule has 0 unspecified atom stereocenters. The Bertz CT molecular complexity index is 362. The quantitative estimate of drug-likeness (QED) is 0.399. The van der Waals surface area contributed by atoms with E-state index >= 15 is 0 Å². The third-order valence-electron chi connectivity index (χ3n) is 4.01. The Labute approximate surface area is 131 Å². The summed E-state index contributed by atoms with van der Waals surface area (Å²) in [5.74, 6) is 0. The van der Waals surface area contributed by atoms with Crippen molar-refractivity contribution in [3.63, 3.8) is 0 Å². The second-order valence-electron chi connectivity index (χ2n) is 6.06. The minimum Gasteiger partial charge on any atom is -0.399 e. The molecule has 0 heterocycles. The van der Waals surface area contributed by atoms with Crippen LogP contribution in [0.1, 0.15) is 71.6 Å². The summed E-state index contributed by atoms with van der Waals surface area (Å²) < 4.78 is 0. The summed E-state index contributed by atoms with van der Waals surface area (Å²) in [6.45, 7) is 6.80. The monoisotopic (exact) mass is 290 g/mol. The third kappa shape index (κ3) is 7.99. The van der Waals surface area contributed by atoms with Crippen LogP contribution in [0.15, 0.2) is 24.3 Å². The first-order valence-electron chi connectivity index (χ1n) is 8.88. The predicted octanol–water partition coefficient (Wildman–Crippen LogP) is 5.63. The first-order chi connectivity index (χ1) is 10.3. The van der Waals surface area contributed by atoms with Gasteiger partial charge in [0.1, 0.15) is 0 Å². The van der Waals surface area contributed by atoms with E-state index < -0.39 is 0 Å². The van der Waals surface area contributed by atoms with E-state index in [1.165, 1.54) is 63.5 Å². The second-order valence-corrected chi connectivity index (χ2v) is 6.06. The number of nitrogen functional groups attached to an aromatic ring is 1. The van der Waals surface area contributed by atoms with Gasteiger partial charge in [0.15, 0.2) is 0 Å². The highest BCUT2D eigenvalue weighted by Gasteiger charge is 2.05.